The number of carbonyl (C=O) groups is 2. The number of likely N-dealkylation sites (N-methyl/N-ethyl adjacent to an activating group) is 1. The molecule has 0 bridgehead atoms. The molecule has 0 spiro atoms. The van der Waals surface area contributed by atoms with Gasteiger partial charge in [0.1, 0.15) is 13.2 Å². The number of nitrogens with zero attached hydrogens (tertiary/aromatic N) is 1. The normalized spacial score (nSPS) is 13.5. The number of unbranched alkanes of at least 4 members (excludes halogenated alkanes) is 28. The van der Waals surface area contributed by atoms with Gasteiger partial charge in [-0.2, -0.15) is 0 Å². The smallest absolute Gasteiger partial charge is 0.329 e. The molecule has 0 aliphatic carbocycles. The number of phosphoric acid groups is 1. The van der Waals surface area contributed by atoms with Gasteiger partial charge in [0.15, 0.2) is 17.2 Å². The van der Waals surface area contributed by atoms with E-state index in [1.54, 1.807) is 0 Å². The highest BCUT2D eigenvalue weighted by Crippen LogP contribution is 2.48. The van der Waals surface area contributed by atoms with E-state index in [1.807, 2.05) is 21.1 Å². The van der Waals surface area contributed by atoms with Gasteiger partial charge in [-0.1, -0.05) is 194 Å². The highest BCUT2D eigenvalue weighted by molar-refractivity contribution is 7.47. The van der Waals surface area contributed by atoms with Crippen molar-refractivity contribution >= 4 is 19.4 Å². The summed E-state index contributed by atoms with van der Waals surface area (Å²) in [5, 5.41) is 0. The first-order chi connectivity index (χ1) is 24.4. The van der Waals surface area contributed by atoms with E-state index in [1.165, 1.54) is 148 Å². The van der Waals surface area contributed by atoms with E-state index in [2.05, 4.69) is 13.8 Å². The minimum absolute atomic E-state index is 0.00612. The van der Waals surface area contributed by atoms with Gasteiger partial charge in [-0.15, -0.1) is 0 Å². The Bertz CT molecular complexity index is 827. The van der Waals surface area contributed by atoms with Crippen LogP contribution < -0.4 is 0 Å². The highest BCUT2D eigenvalue weighted by Gasteiger charge is 2.46. The molecule has 1 unspecified atom stereocenters. The Kier molecular flexibility index (Phi) is 32.4. The summed E-state index contributed by atoms with van der Waals surface area (Å²) in [6, 6.07) is 0. The van der Waals surface area contributed by atoms with Crippen molar-refractivity contribution in [3.05, 3.63) is 0 Å². The lowest BCUT2D eigenvalue weighted by Crippen LogP contribution is -2.46. The summed E-state index contributed by atoms with van der Waals surface area (Å²) in [5.41, 5.74) is -1.97. The molecule has 1 atom stereocenters. The van der Waals surface area contributed by atoms with E-state index < -0.39 is 25.0 Å². The van der Waals surface area contributed by atoms with E-state index in [0.717, 1.165) is 38.5 Å². The Morgan fingerprint density at radius 1 is 0.510 bits per heavy atom. The number of quaternary nitrogens is 1. The zero-order valence-corrected chi connectivity index (χ0v) is 35.8. The fourth-order valence-electron chi connectivity index (χ4n) is 6.74. The molecule has 0 aromatic heterocycles. The molecular formula is C43H87NO6P+. The largest absolute Gasteiger partial charge is 0.473 e. The molecule has 0 aromatic carbocycles. The van der Waals surface area contributed by atoms with Crippen molar-refractivity contribution in [1.29, 1.82) is 0 Å². The number of rotatable bonds is 40. The molecule has 0 aromatic rings. The van der Waals surface area contributed by atoms with Crippen LogP contribution in [-0.2, 0) is 23.2 Å². The van der Waals surface area contributed by atoms with Crippen LogP contribution in [0.4, 0.5) is 0 Å². The molecule has 1 N–H and O–H groups in total. The number of hydrogen-bond acceptors (Lipinski definition) is 5. The quantitative estimate of drug-likeness (QED) is 0.0291. The third-order valence-electron chi connectivity index (χ3n) is 10.4. The maximum absolute atomic E-state index is 13.5. The van der Waals surface area contributed by atoms with Crippen LogP contribution in [-0.4, -0.2) is 60.8 Å². The predicted molar refractivity (Wildman–Crippen MR) is 217 cm³/mol. The Morgan fingerprint density at radius 2 is 0.765 bits per heavy atom. The number of carbonyl (C=O) groups excluding carboxylic acids is 2. The number of Topliss-reactive ketones (excluding diaryl/α,β-unsaturated/α-hetero) is 2. The lowest BCUT2D eigenvalue weighted by atomic mass is 9.89. The van der Waals surface area contributed by atoms with Crippen LogP contribution in [0.15, 0.2) is 0 Å². The van der Waals surface area contributed by atoms with Gasteiger partial charge in [0.25, 0.3) is 0 Å². The molecule has 0 radical (unpaired) electrons. The number of hydrogen-bond donors (Lipinski definition) is 1. The topological polar surface area (TPSA) is 89.9 Å². The Labute approximate surface area is 317 Å². The molecule has 0 fully saturated rings. The highest BCUT2D eigenvalue weighted by atomic mass is 31.2. The number of phosphoric ester groups is 1. The van der Waals surface area contributed by atoms with E-state index in [9.17, 15) is 19.0 Å². The minimum Gasteiger partial charge on any atom is -0.329 e. The molecule has 8 heteroatoms. The van der Waals surface area contributed by atoms with Gasteiger partial charge < -0.3 is 9.38 Å². The van der Waals surface area contributed by atoms with Crippen LogP contribution in [0.3, 0.4) is 0 Å². The van der Waals surface area contributed by atoms with E-state index in [0.29, 0.717) is 23.9 Å². The lowest BCUT2D eigenvalue weighted by Gasteiger charge is -2.29. The first-order valence-corrected chi connectivity index (χ1v) is 23.4. The van der Waals surface area contributed by atoms with Crippen LogP contribution in [0.2, 0.25) is 0 Å². The average molecular weight is 745 g/mol. The summed E-state index contributed by atoms with van der Waals surface area (Å²) in [7, 11) is 1.26. The number of ketones is 2. The standard InChI is InChI=1S/C43H86NO6P/c1-7-9-11-13-15-17-19-21-23-25-27-29-31-33-35-37-41(45)43(3,50-51(47,48)49-40-39-44(4,5)6)42(46)38-36-34-32-30-28-26-24-22-20-18-16-14-12-10-8-2/h7-40H2,1-6H3/p+1. The minimum atomic E-state index is -4.61. The fraction of sp³-hybridized carbons (Fsp3) is 0.953. The molecule has 304 valence electrons. The van der Waals surface area contributed by atoms with Gasteiger partial charge in [0.05, 0.1) is 21.1 Å². The van der Waals surface area contributed by atoms with Crippen molar-refractivity contribution in [2.45, 2.75) is 232 Å². The summed E-state index contributed by atoms with van der Waals surface area (Å²) in [6.45, 7) is 6.40. The van der Waals surface area contributed by atoms with Crippen molar-refractivity contribution < 1.29 is 32.6 Å². The van der Waals surface area contributed by atoms with Crippen LogP contribution >= 0.6 is 7.82 Å². The summed E-state index contributed by atoms with van der Waals surface area (Å²) < 4.78 is 24.2. The molecule has 7 nitrogen and oxygen atoms in total. The summed E-state index contributed by atoms with van der Waals surface area (Å²) in [5.74, 6) is -0.819. The van der Waals surface area contributed by atoms with Crippen molar-refractivity contribution in [1.82, 2.24) is 0 Å². The average Bonchev–Trinajstić information content (AvgIpc) is 3.07. The summed E-state index contributed by atoms with van der Waals surface area (Å²) in [4.78, 5) is 37.5. The molecule has 0 saturated carbocycles. The van der Waals surface area contributed by atoms with Gasteiger partial charge in [-0.25, -0.2) is 4.57 Å². The lowest BCUT2D eigenvalue weighted by molar-refractivity contribution is -0.870. The van der Waals surface area contributed by atoms with Crippen molar-refractivity contribution in [2.75, 3.05) is 34.3 Å². The fourth-order valence-corrected chi connectivity index (χ4v) is 7.77. The van der Waals surface area contributed by atoms with Crippen LogP contribution in [0.1, 0.15) is 226 Å². The van der Waals surface area contributed by atoms with Gasteiger partial charge in [-0.05, 0) is 19.8 Å². The Morgan fingerprint density at radius 3 is 1.02 bits per heavy atom. The molecule has 0 saturated heterocycles. The van der Waals surface area contributed by atoms with Crippen molar-refractivity contribution in [3.8, 4) is 0 Å². The summed E-state index contributed by atoms with van der Waals surface area (Å²) in [6.07, 6.45) is 37.3. The molecule has 0 rings (SSSR count). The van der Waals surface area contributed by atoms with Crippen molar-refractivity contribution in [2.24, 2.45) is 0 Å². The van der Waals surface area contributed by atoms with E-state index in [-0.39, 0.29) is 19.4 Å². The monoisotopic (exact) mass is 745 g/mol. The maximum Gasteiger partial charge on any atom is 0.473 e. The zero-order valence-electron chi connectivity index (χ0n) is 34.9. The Balaban J connectivity index is 4.51. The summed E-state index contributed by atoms with van der Waals surface area (Å²) >= 11 is 0. The SMILES string of the molecule is CCCCCCCCCCCCCCCCCC(=O)C(C)(OP(=O)(O)OCC[N+](C)(C)C)C(=O)CCCCCCCCCCCCCCCCC. The van der Waals surface area contributed by atoms with Gasteiger partial charge in [0, 0.05) is 12.8 Å². The molecule has 0 aliphatic rings. The van der Waals surface area contributed by atoms with Gasteiger partial charge in [0.2, 0.25) is 0 Å². The third-order valence-corrected chi connectivity index (χ3v) is 11.5. The first kappa shape index (κ1) is 50.4. The van der Waals surface area contributed by atoms with Gasteiger partial charge >= 0.3 is 7.82 Å². The van der Waals surface area contributed by atoms with Crippen molar-refractivity contribution in [3.63, 3.8) is 0 Å². The predicted octanol–water partition coefficient (Wildman–Crippen LogP) is 13.2. The maximum atomic E-state index is 13.5. The zero-order chi connectivity index (χ0) is 38.1. The van der Waals surface area contributed by atoms with E-state index >= 15 is 0 Å². The molecule has 0 amide bonds. The van der Waals surface area contributed by atoms with Gasteiger partial charge in [-0.3, -0.25) is 18.6 Å². The van der Waals surface area contributed by atoms with E-state index in [4.69, 9.17) is 9.05 Å². The Hall–Kier alpha value is -0.590. The second-order valence-corrected chi connectivity index (χ2v) is 18.1. The second kappa shape index (κ2) is 32.8. The molecule has 0 aliphatic heterocycles. The van der Waals surface area contributed by atoms with Crippen LogP contribution in [0.25, 0.3) is 0 Å². The second-order valence-electron chi connectivity index (χ2n) is 16.7. The first-order valence-electron chi connectivity index (χ1n) is 21.9. The molecular weight excluding hydrogens is 657 g/mol. The molecule has 0 heterocycles. The molecule has 51 heavy (non-hydrogen) atoms. The van der Waals surface area contributed by atoms with Crippen LogP contribution in [0, 0.1) is 0 Å². The van der Waals surface area contributed by atoms with Crippen LogP contribution in [0.5, 0.6) is 0 Å². The third kappa shape index (κ3) is 31.5.